The van der Waals surface area contributed by atoms with Crippen LogP contribution in [0.5, 0.6) is 0 Å². The van der Waals surface area contributed by atoms with Gasteiger partial charge in [0.25, 0.3) is 0 Å². The number of carbonyl (C=O) groups is 1. The summed E-state index contributed by atoms with van der Waals surface area (Å²) in [6.07, 6.45) is 2.87. The molecule has 0 radical (unpaired) electrons. The number of hydrogen-bond donors (Lipinski definition) is 2. The van der Waals surface area contributed by atoms with E-state index >= 15 is 0 Å². The summed E-state index contributed by atoms with van der Waals surface area (Å²) in [4.78, 5) is 12.1. The number of rotatable bonds is 4. The van der Waals surface area contributed by atoms with Crippen LogP contribution >= 0.6 is 0 Å². The maximum absolute atomic E-state index is 12.1. The van der Waals surface area contributed by atoms with Crippen molar-refractivity contribution < 1.29 is 14.3 Å². The quantitative estimate of drug-likeness (QED) is 0.798. The highest BCUT2D eigenvalue weighted by molar-refractivity contribution is 5.87. The predicted molar refractivity (Wildman–Crippen MR) is 72.8 cm³/mol. The Hall–Kier alpha value is -0.650. The van der Waals surface area contributed by atoms with E-state index in [9.17, 15) is 4.79 Å². The van der Waals surface area contributed by atoms with Crippen molar-refractivity contribution in [1.82, 2.24) is 5.32 Å². The molecule has 0 aromatic heterocycles. The first-order valence-electron chi connectivity index (χ1n) is 7.05. The third-order valence-electron chi connectivity index (χ3n) is 4.33. The Morgan fingerprint density at radius 1 is 1.37 bits per heavy atom. The van der Waals surface area contributed by atoms with Crippen molar-refractivity contribution in [3.63, 3.8) is 0 Å². The van der Waals surface area contributed by atoms with Gasteiger partial charge in [-0.2, -0.15) is 0 Å². The van der Waals surface area contributed by atoms with Crippen LogP contribution in [0.15, 0.2) is 0 Å². The van der Waals surface area contributed by atoms with Crippen LogP contribution in [0.1, 0.15) is 47.0 Å². The van der Waals surface area contributed by atoms with Crippen LogP contribution in [0.2, 0.25) is 0 Å². The van der Waals surface area contributed by atoms with Gasteiger partial charge in [0.15, 0.2) is 0 Å². The van der Waals surface area contributed by atoms with Crippen molar-refractivity contribution >= 4 is 5.91 Å². The highest BCUT2D eigenvalue weighted by Gasteiger charge is 2.60. The van der Waals surface area contributed by atoms with Gasteiger partial charge < -0.3 is 15.2 Å². The number of nitrogens with two attached hydrogens (primary N) is 1. The van der Waals surface area contributed by atoms with Crippen molar-refractivity contribution in [3.8, 4) is 0 Å². The van der Waals surface area contributed by atoms with Gasteiger partial charge in [-0.3, -0.25) is 10.1 Å². The van der Waals surface area contributed by atoms with Crippen LogP contribution in [0, 0.1) is 0 Å². The Balaban J connectivity index is 2.15. The highest BCUT2D eigenvalue weighted by Crippen LogP contribution is 2.44. The lowest BCUT2D eigenvalue weighted by Gasteiger charge is -2.38. The first-order valence-corrected chi connectivity index (χ1v) is 7.05. The van der Waals surface area contributed by atoms with E-state index < -0.39 is 11.1 Å². The minimum absolute atomic E-state index is 0.177. The van der Waals surface area contributed by atoms with Gasteiger partial charge >= 0.3 is 0 Å². The van der Waals surface area contributed by atoms with Gasteiger partial charge in [-0.15, -0.1) is 0 Å². The standard InChI is InChI=1S/C14H26N2O3/c1-12(2)9-14(11(15)17,13(3,4)19-12)16-8-10-6-5-7-18-10/h10,16H,5-9H2,1-4H3,(H2,15,17). The Morgan fingerprint density at radius 2 is 2.05 bits per heavy atom. The van der Waals surface area contributed by atoms with Crippen molar-refractivity contribution in [3.05, 3.63) is 0 Å². The Bertz CT molecular complexity index is 362. The van der Waals surface area contributed by atoms with Crippen molar-refractivity contribution in [2.24, 2.45) is 5.73 Å². The number of amides is 1. The molecule has 2 unspecified atom stereocenters. The lowest BCUT2D eigenvalue weighted by Crippen LogP contribution is -2.66. The molecule has 3 N–H and O–H groups in total. The third-order valence-corrected chi connectivity index (χ3v) is 4.33. The van der Waals surface area contributed by atoms with Crippen LogP contribution in [-0.4, -0.2) is 41.9 Å². The SMILES string of the molecule is CC1(C)CC(NCC2CCCO2)(C(N)=O)C(C)(C)O1. The maximum atomic E-state index is 12.1. The largest absolute Gasteiger partial charge is 0.377 e. The highest BCUT2D eigenvalue weighted by atomic mass is 16.5. The molecular weight excluding hydrogens is 244 g/mol. The zero-order valence-electron chi connectivity index (χ0n) is 12.4. The van der Waals surface area contributed by atoms with E-state index in [0.29, 0.717) is 13.0 Å². The maximum Gasteiger partial charge on any atom is 0.240 e. The second-order valence-electron chi connectivity index (χ2n) is 6.83. The van der Waals surface area contributed by atoms with Gasteiger partial charge in [0.2, 0.25) is 5.91 Å². The molecule has 5 heteroatoms. The summed E-state index contributed by atoms with van der Waals surface area (Å²) in [5.74, 6) is -0.346. The molecule has 0 spiro atoms. The predicted octanol–water partition coefficient (Wildman–Crippen LogP) is 0.957. The smallest absolute Gasteiger partial charge is 0.240 e. The van der Waals surface area contributed by atoms with E-state index in [1.54, 1.807) is 0 Å². The number of carbonyl (C=O) groups excluding carboxylic acids is 1. The summed E-state index contributed by atoms with van der Waals surface area (Å²) in [5.41, 5.74) is 3.88. The van der Waals surface area contributed by atoms with E-state index in [-0.39, 0.29) is 17.6 Å². The molecule has 2 rings (SSSR count). The first kappa shape index (κ1) is 14.8. The lowest BCUT2D eigenvalue weighted by molar-refractivity contribution is -0.134. The zero-order chi connectivity index (χ0) is 14.3. The average molecular weight is 270 g/mol. The Labute approximate surface area is 115 Å². The molecule has 2 atom stereocenters. The van der Waals surface area contributed by atoms with E-state index in [1.165, 1.54) is 0 Å². The summed E-state index contributed by atoms with van der Waals surface area (Å²) in [5, 5.41) is 3.36. The lowest BCUT2D eigenvalue weighted by atomic mass is 9.78. The first-order chi connectivity index (χ1) is 8.69. The van der Waals surface area contributed by atoms with E-state index in [1.807, 2.05) is 27.7 Å². The molecule has 0 aromatic rings. The fourth-order valence-corrected chi connectivity index (χ4v) is 3.51. The minimum atomic E-state index is -0.831. The monoisotopic (exact) mass is 270 g/mol. The minimum Gasteiger partial charge on any atom is -0.377 e. The molecule has 2 aliphatic rings. The van der Waals surface area contributed by atoms with Crippen LogP contribution in [0.3, 0.4) is 0 Å². The topological polar surface area (TPSA) is 73.6 Å². The summed E-state index contributed by atoms with van der Waals surface area (Å²) in [7, 11) is 0. The number of primary amides is 1. The van der Waals surface area contributed by atoms with Crippen molar-refractivity contribution in [1.29, 1.82) is 0 Å². The number of nitrogens with one attached hydrogen (secondary N) is 1. The number of ether oxygens (including phenoxy) is 2. The van der Waals surface area contributed by atoms with Gasteiger partial charge in [0, 0.05) is 19.6 Å². The summed E-state index contributed by atoms with van der Waals surface area (Å²) in [6, 6.07) is 0. The molecule has 0 saturated carbocycles. The average Bonchev–Trinajstić information content (AvgIpc) is 2.79. The van der Waals surface area contributed by atoms with Gasteiger partial charge in [-0.1, -0.05) is 0 Å². The molecule has 2 saturated heterocycles. The molecule has 110 valence electrons. The van der Waals surface area contributed by atoms with E-state index in [2.05, 4.69) is 5.32 Å². The molecule has 19 heavy (non-hydrogen) atoms. The van der Waals surface area contributed by atoms with Crippen LogP contribution in [0.25, 0.3) is 0 Å². The van der Waals surface area contributed by atoms with Crippen LogP contribution in [-0.2, 0) is 14.3 Å². The normalized spacial score (nSPS) is 36.5. The Morgan fingerprint density at radius 3 is 2.47 bits per heavy atom. The molecule has 1 amide bonds. The van der Waals surface area contributed by atoms with Gasteiger partial charge in [0.05, 0.1) is 17.3 Å². The van der Waals surface area contributed by atoms with E-state index in [0.717, 1.165) is 19.4 Å². The van der Waals surface area contributed by atoms with Gasteiger partial charge in [-0.25, -0.2) is 0 Å². The zero-order valence-corrected chi connectivity index (χ0v) is 12.4. The second kappa shape index (κ2) is 4.72. The second-order valence-corrected chi connectivity index (χ2v) is 6.83. The fraction of sp³-hybridized carbons (Fsp3) is 0.929. The molecule has 0 aliphatic carbocycles. The fourth-order valence-electron chi connectivity index (χ4n) is 3.51. The van der Waals surface area contributed by atoms with E-state index in [4.69, 9.17) is 15.2 Å². The van der Waals surface area contributed by atoms with Gasteiger partial charge in [-0.05, 0) is 40.5 Å². The van der Waals surface area contributed by atoms with Crippen molar-refractivity contribution in [2.75, 3.05) is 13.2 Å². The number of hydrogen-bond acceptors (Lipinski definition) is 4. The third kappa shape index (κ3) is 2.64. The molecule has 0 aromatic carbocycles. The Kier molecular flexibility index (Phi) is 3.66. The van der Waals surface area contributed by atoms with Crippen LogP contribution < -0.4 is 11.1 Å². The summed E-state index contributed by atoms with van der Waals surface area (Å²) in [6.45, 7) is 9.29. The molecule has 0 bridgehead atoms. The molecule has 2 aliphatic heterocycles. The summed E-state index contributed by atoms with van der Waals surface area (Å²) < 4.78 is 11.6. The summed E-state index contributed by atoms with van der Waals surface area (Å²) >= 11 is 0. The molecule has 2 fully saturated rings. The van der Waals surface area contributed by atoms with Crippen LogP contribution in [0.4, 0.5) is 0 Å². The molecule has 5 nitrogen and oxygen atoms in total. The molecular formula is C14H26N2O3. The molecule has 2 heterocycles. The van der Waals surface area contributed by atoms with Gasteiger partial charge in [0.1, 0.15) is 5.54 Å². The van der Waals surface area contributed by atoms with Crippen molar-refractivity contribution in [2.45, 2.75) is 69.8 Å².